The smallest absolute Gasteiger partial charge is 0.370 e. The third kappa shape index (κ3) is 13.1. The maximum Gasteiger partial charge on any atom is 0.399 e. The van der Waals surface area contributed by atoms with Crippen LogP contribution in [0.4, 0.5) is 14.5 Å². The van der Waals surface area contributed by atoms with Gasteiger partial charge in [-0.15, -0.1) is 11.3 Å². The number of nitrogens with zero attached hydrogens (tertiary/aromatic N) is 2. The van der Waals surface area contributed by atoms with E-state index < -0.39 is 84.5 Å². The molecule has 1 saturated carbocycles. The number of piperidine rings is 1. The maximum atomic E-state index is 14.6. The number of nitrogens with two attached hydrogens (primary N) is 1. The van der Waals surface area contributed by atoms with E-state index in [2.05, 4.69) is 38.4 Å². The van der Waals surface area contributed by atoms with Gasteiger partial charge < -0.3 is 41.7 Å². The molecule has 0 radical (unpaired) electrons. The highest BCUT2D eigenvalue weighted by Gasteiger charge is 2.51. The zero-order valence-electron chi connectivity index (χ0n) is 44.9. The number of fused-ring (bicyclic) bond motifs is 2. The lowest BCUT2D eigenvalue weighted by atomic mass is 9.83. The predicted molar refractivity (Wildman–Crippen MR) is 298 cm³/mol. The van der Waals surface area contributed by atoms with Crippen molar-refractivity contribution in [2.24, 2.45) is 11.7 Å². The molecular formula is C58H65F2N8O12PS. The Labute approximate surface area is 475 Å². The van der Waals surface area contributed by atoms with Gasteiger partial charge in [-0.3, -0.25) is 57.9 Å². The third-order valence-corrected chi connectivity index (χ3v) is 18.2. The van der Waals surface area contributed by atoms with Gasteiger partial charge in [-0.2, -0.15) is 8.78 Å². The first-order chi connectivity index (χ1) is 39.2. The van der Waals surface area contributed by atoms with Crippen LogP contribution in [-0.4, -0.2) is 105 Å². The van der Waals surface area contributed by atoms with Gasteiger partial charge in [0.05, 0.1) is 10.6 Å². The van der Waals surface area contributed by atoms with Gasteiger partial charge in [-0.05, 0) is 110 Å². The highest BCUT2D eigenvalue weighted by Crippen LogP contribution is 2.59. The second-order valence-electron chi connectivity index (χ2n) is 21.7. The molecule has 0 bridgehead atoms. The molecule has 9 rings (SSSR count). The molecule has 5 atom stereocenters. The number of primary amides is 1. The summed E-state index contributed by atoms with van der Waals surface area (Å²) in [4.78, 5) is 142. The maximum absolute atomic E-state index is 14.6. The molecule has 20 nitrogen and oxygen atoms in total. The summed E-state index contributed by atoms with van der Waals surface area (Å²) in [7, 11) is -5.86. The standard InChI is InChI=1S/C58H65F2N8O12PS/c59-58(60,81(78,79)80)38-21-25-45-37(29-38)31-46(82-45)54(74)64-42-22-20-35-17-11-18-36-30-44(68(50(35)36)57(42)77)53(73)63-41(23-26-47(61)69)51(71)66-49(34-14-8-6-9-15-34)55(75)62-28-10-5-3-1-2-4-7-13-33-16-12-19-39-40(33)32-67(56(39)76)43-24-27-48(70)65-52(43)72/h11-12,16-19,21,25,29,31,34,41-44,49H,1-6,8-10,14-15,20,22-24,26-28,30,32H2,(H2,61,69)(H,62,75)(H,63,73)(H,64,74)(H,66,71)(H,65,70,72)(H2,78,79,80)/t41-,42-,43?,44-,49?/m0/s1. The molecule has 434 valence electrons. The van der Waals surface area contributed by atoms with Crippen molar-refractivity contribution in [2.45, 2.75) is 158 Å². The fourth-order valence-corrected chi connectivity index (χ4v) is 13.1. The molecule has 9 N–H and O–H groups in total. The Bertz CT molecular complexity index is 3330. The van der Waals surface area contributed by atoms with Crippen LogP contribution in [0.1, 0.15) is 151 Å². The molecule has 3 aromatic carbocycles. The number of amides is 9. The Morgan fingerprint density at radius 3 is 2.37 bits per heavy atom. The van der Waals surface area contributed by atoms with Crippen molar-refractivity contribution >= 4 is 87.9 Å². The van der Waals surface area contributed by atoms with Crippen molar-refractivity contribution in [3.8, 4) is 11.8 Å². The summed E-state index contributed by atoms with van der Waals surface area (Å²) in [6.07, 6.45) is 9.28. The van der Waals surface area contributed by atoms with E-state index in [1.54, 1.807) is 24.3 Å². The van der Waals surface area contributed by atoms with Crippen LogP contribution in [0.3, 0.4) is 0 Å². The van der Waals surface area contributed by atoms with Crippen LogP contribution in [0, 0.1) is 17.8 Å². The minimum atomic E-state index is -5.86. The number of unbranched alkanes of at least 4 members (excludes halogenated alkanes) is 5. The van der Waals surface area contributed by atoms with Gasteiger partial charge in [-0.1, -0.05) is 80.7 Å². The van der Waals surface area contributed by atoms with Gasteiger partial charge in [-0.25, -0.2) is 0 Å². The number of para-hydroxylation sites is 1. The lowest BCUT2D eigenvalue weighted by Crippen LogP contribution is -2.59. The highest BCUT2D eigenvalue weighted by molar-refractivity contribution is 7.52. The molecule has 24 heteroatoms. The number of carbonyl (C=O) groups is 9. The Morgan fingerprint density at radius 2 is 1.61 bits per heavy atom. The molecular weight excluding hydrogens is 1100 g/mol. The first-order valence-electron chi connectivity index (χ1n) is 27.8. The molecule has 2 unspecified atom stereocenters. The van der Waals surface area contributed by atoms with Crippen LogP contribution in [0.25, 0.3) is 10.1 Å². The monoisotopic (exact) mass is 1170 g/mol. The molecule has 5 aliphatic rings. The zero-order valence-corrected chi connectivity index (χ0v) is 46.7. The SMILES string of the molecule is NC(=O)CC[C@H](NC(=O)[C@@H]1Cc2cccc3c2N1C(=O)[C@@H](NC(=O)c1cc2cc(C(F)(F)P(=O)(O)O)ccc2s1)CC3)C(=O)NC(C(=O)NCCCCCCCC#Cc1cccc2c1CN(C1CCC(=O)NC1=O)C2=O)C1CCCCC1. The van der Waals surface area contributed by atoms with Crippen LogP contribution in [0.15, 0.2) is 60.7 Å². The fourth-order valence-electron chi connectivity index (χ4n) is 11.7. The quantitative estimate of drug-likeness (QED) is 0.0231. The first kappa shape index (κ1) is 59.2. The van der Waals surface area contributed by atoms with Crippen LogP contribution < -0.4 is 37.2 Å². The molecule has 1 aliphatic carbocycles. The molecule has 1 saturated heterocycles. The molecule has 2 fully saturated rings. The van der Waals surface area contributed by atoms with Gasteiger partial charge >= 0.3 is 13.3 Å². The molecule has 5 heterocycles. The average Bonchev–Trinajstić information content (AvgIpc) is 4.37. The van der Waals surface area contributed by atoms with Crippen LogP contribution in [0.5, 0.6) is 0 Å². The van der Waals surface area contributed by atoms with Crippen molar-refractivity contribution in [3.63, 3.8) is 0 Å². The number of rotatable bonds is 21. The number of thiophene rings is 1. The van der Waals surface area contributed by atoms with Gasteiger partial charge in [0.25, 0.3) is 11.8 Å². The molecule has 1 aromatic heterocycles. The second kappa shape index (κ2) is 25.4. The van der Waals surface area contributed by atoms with E-state index in [0.29, 0.717) is 60.2 Å². The number of nitrogens with one attached hydrogen (secondary N) is 5. The van der Waals surface area contributed by atoms with E-state index in [1.165, 1.54) is 21.9 Å². The number of anilines is 1. The number of benzene rings is 3. The summed E-state index contributed by atoms with van der Waals surface area (Å²) < 4.78 is 41.0. The zero-order chi connectivity index (χ0) is 58.5. The number of hydrogen-bond acceptors (Lipinski definition) is 11. The highest BCUT2D eigenvalue weighted by atomic mass is 32.1. The van der Waals surface area contributed by atoms with Crippen molar-refractivity contribution in [2.75, 3.05) is 11.4 Å². The molecule has 9 amide bonds. The van der Waals surface area contributed by atoms with Crippen LogP contribution in [0.2, 0.25) is 0 Å². The Morgan fingerprint density at radius 1 is 0.866 bits per heavy atom. The Balaban J connectivity index is 0.787. The Kier molecular flexibility index (Phi) is 18.4. The summed E-state index contributed by atoms with van der Waals surface area (Å²) in [5.41, 5.74) is 4.07. The van der Waals surface area contributed by atoms with E-state index in [0.717, 1.165) is 85.1 Å². The number of carbonyl (C=O) groups excluding carboxylic acids is 9. The van der Waals surface area contributed by atoms with E-state index >= 15 is 0 Å². The number of alkyl halides is 2. The van der Waals surface area contributed by atoms with Crippen molar-refractivity contribution in [3.05, 3.63) is 98.9 Å². The lowest BCUT2D eigenvalue weighted by molar-refractivity contribution is -0.137. The first-order valence-corrected chi connectivity index (χ1v) is 30.3. The second-order valence-corrected chi connectivity index (χ2v) is 24.4. The van der Waals surface area contributed by atoms with E-state index in [9.17, 15) is 66.3 Å². The van der Waals surface area contributed by atoms with E-state index in [4.69, 9.17) is 5.73 Å². The summed E-state index contributed by atoms with van der Waals surface area (Å²) in [6.45, 7) is 0.605. The van der Waals surface area contributed by atoms with E-state index in [1.807, 2.05) is 12.1 Å². The van der Waals surface area contributed by atoms with Crippen LogP contribution >= 0.6 is 18.9 Å². The Hall–Kier alpha value is -7.38. The third-order valence-electron chi connectivity index (χ3n) is 16.1. The predicted octanol–water partition coefficient (Wildman–Crippen LogP) is 5.22. The van der Waals surface area contributed by atoms with Crippen LogP contribution in [-0.2, 0) is 63.2 Å². The van der Waals surface area contributed by atoms with Gasteiger partial charge in [0, 0.05) is 60.2 Å². The lowest BCUT2D eigenvalue weighted by Gasteiger charge is -2.32. The topological polar surface area (TPSA) is 304 Å². The number of hydrogen-bond donors (Lipinski definition) is 8. The molecule has 4 aromatic rings. The van der Waals surface area contributed by atoms with Crippen molar-refractivity contribution in [1.82, 2.24) is 31.5 Å². The normalized spacial score (nSPS) is 19.7. The molecule has 0 spiro atoms. The summed E-state index contributed by atoms with van der Waals surface area (Å²) in [5, 5.41) is 13.9. The average molecular weight is 1170 g/mol. The summed E-state index contributed by atoms with van der Waals surface area (Å²) >= 11 is 0.924. The van der Waals surface area contributed by atoms with Crippen molar-refractivity contribution < 1.29 is 66.3 Å². The number of imide groups is 1. The number of halogens is 2. The van der Waals surface area contributed by atoms with Gasteiger partial charge in [0.15, 0.2) is 0 Å². The largest absolute Gasteiger partial charge is 0.399 e. The summed E-state index contributed by atoms with van der Waals surface area (Å²) in [6, 6.07) is 9.66. The fraction of sp³-hybridized carbons (Fsp3) is 0.466. The summed E-state index contributed by atoms with van der Waals surface area (Å²) in [5.74, 6) is 1.31. The molecule has 4 aliphatic heterocycles. The molecule has 82 heavy (non-hydrogen) atoms. The van der Waals surface area contributed by atoms with Crippen molar-refractivity contribution in [1.29, 1.82) is 0 Å². The van der Waals surface area contributed by atoms with E-state index in [-0.39, 0.29) is 79.0 Å². The minimum absolute atomic E-state index is 0.0333. The number of aryl methyl sites for hydroxylation is 1. The van der Waals surface area contributed by atoms with Gasteiger partial charge in [0.1, 0.15) is 30.2 Å². The van der Waals surface area contributed by atoms with Gasteiger partial charge in [0.2, 0.25) is 41.4 Å². The minimum Gasteiger partial charge on any atom is -0.370 e.